The molecule has 0 radical (unpaired) electrons. The van der Waals surface area contributed by atoms with Gasteiger partial charge in [0.1, 0.15) is 5.75 Å². The van der Waals surface area contributed by atoms with E-state index >= 15 is 0 Å². The van der Waals surface area contributed by atoms with Crippen molar-refractivity contribution in [3.8, 4) is 17.0 Å². The first-order valence-corrected chi connectivity index (χ1v) is 11.4. The number of rotatable bonds is 9. The van der Waals surface area contributed by atoms with E-state index in [2.05, 4.69) is 36.9 Å². The van der Waals surface area contributed by atoms with Crippen LogP contribution in [0.1, 0.15) is 29.3 Å². The van der Waals surface area contributed by atoms with E-state index in [1.54, 1.807) is 31.6 Å². The molecule has 2 aromatic carbocycles. The lowest BCUT2D eigenvalue weighted by molar-refractivity contribution is 0.184. The predicted octanol–water partition coefficient (Wildman–Crippen LogP) is 7.00. The van der Waals surface area contributed by atoms with Gasteiger partial charge in [-0.05, 0) is 30.5 Å². The first kappa shape index (κ1) is 22.9. The van der Waals surface area contributed by atoms with Crippen molar-refractivity contribution in [2.45, 2.75) is 33.4 Å². The lowest BCUT2D eigenvalue weighted by Crippen LogP contribution is -2.24. The normalized spacial score (nSPS) is 11.0. The number of aromatic nitrogens is 1. The molecule has 0 saturated heterocycles. The molecule has 0 spiro atoms. The monoisotopic (exact) mass is 464 g/mol. The molecule has 0 atom stereocenters. The number of ether oxygens (including phenoxy) is 2. The maximum absolute atomic E-state index is 6.52. The van der Waals surface area contributed by atoms with E-state index in [0.29, 0.717) is 22.4 Å². The van der Waals surface area contributed by atoms with Crippen LogP contribution in [0.2, 0.25) is 10.0 Å². The van der Waals surface area contributed by atoms with Crippen molar-refractivity contribution in [3.05, 3.63) is 62.4 Å². The molecule has 4 nitrogen and oxygen atoms in total. The number of benzene rings is 2. The molecular formula is C23H26Cl2N2O2S. The summed E-state index contributed by atoms with van der Waals surface area (Å²) in [5.74, 6) is 0.556. The second kappa shape index (κ2) is 10.5. The van der Waals surface area contributed by atoms with Crippen LogP contribution in [0.15, 0.2) is 36.4 Å². The Kier molecular flexibility index (Phi) is 8.00. The Bertz CT molecular complexity index is 1010. The molecular weight excluding hydrogens is 439 g/mol. The highest BCUT2D eigenvalue weighted by atomic mass is 35.5. The van der Waals surface area contributed by atoms with Crippen molar-refractivity contribution in [2.75, 3.05) is 25.7 Å². The predicted molar refractivity (Wildman–Crippen MR) is 127 cm³/mol. The van der Waals surface area contributed by atoms with Crippen molar-refractivity contribution in [1.82, 2.24) is 4.98 Å². The minimum Gasteiger partial charge on any atom is -0.495 e. The van der Waals surface area contributed by atoms with Gasteiger partial charge < -0.3 is 14.4 Å². The summed E-state index contributed by atoms with van der Waals surface area (Å²) in [5, 5.41) is 2.06. The van der Waals surface area contributed by atoms with Crippen molar-refractivity contribution in [3.63, 3.8) is 0 Å². The van der Waals surface area contributed by atoms with Gasteiger partial charge in [0.15, 0.2) is 5.13 Å². The second-order valence-corrected chi connectivity index (χ2v) is 8.99. The fourth-order valence-corrected chi connectivity index (χ4v) is 4.79. The van der Waals surface area contributed by atoms with E-state index in [0.717, 1.165) is 40.8 Å². The summed E-state index contributed by atoms with van der Waals surface area (Å²) in [6, 6.07) is 11.9. The van der Waals surface area contributed by atoms with Crippen LogP contribution in [0.25, 0.3) is 11.3 Å². The quantitative estimate of drug-likeness (QED) is 0.341. The molecule has 0 unspecified atom stereocenters. The van der Waals surface area contributed by atoms with Gasteiger partial charge in [-0.15, -0.1) is 11.3 Å². The fraction of sp³-hybridized carbons (Fsp3) is 0.348. The molecule has 0 saturated carbocycles. The van der Waals surface area contributed by atoms with E-state index in [4.69, 9.17) is 37.7 Å². The number of halogens is 2. The van der Waals surface area contributed by atoms with Crippen LogP contribution >= 0.6 is 34.5 Å². The van der Waals surface area contributed by atoms with Gasteiger partial charge >= 0.3 is 0 Å². The van der Waals surface area contributed by atoms with E-state index in [1.165, 1.54) is 11.1 Å². The molecule has 1 heterocycles. The lowest BCUT2D eigenvalue weighted by Gasteiger charge is -2.22. The molecule has 7 heteroatoms. The number of methoxy groups -OCH3 is 2. The number of aryl methyl sites for hydroxylation is 1. The Balaban J connectivity index is 1.96. The SMILES string of the molecule is CCCN(Cc1ccccc1COC)c1nc(-c2cc(Cl)c(OC)cc2Cl)c(C)s1. The van der Waals surface area contributed by atoms with Crippen LogP contribution in [-0.4, -0.2) is 25.7 Å². The zero-order valence-electron chi connectivity index (χ0n) is 17.7. The molecule has 0 amide bonds. The van der Waals surface area contributed by atoms with E-state index in [-0.39, 0.29) is 0 Å². The molecule has 0 aliphatic rings. The van der Waals surface area contributed by atoms with Gasteiger partial charge in [0.25, 0.3) is 0 Å². The Hall–Kier alpha value is -1.79. The molecule has 0 fully saturated rings. The average molecular weight is 465 g/mol. The minimum atomic E-state index is 0.518. The summed E-state index contributed by atoms with van der Waals surface area (Å²) in [5.41, 5.74) is 4.11. The van der Waals surface area contributed by atoms with Crippen LogP contribution in [0.3, 0.4) is 0 Å². The molecule has 0 aliphatic heterocycles. The first-order valence-electron chi connectivity index (χ1n) is 9.80. The Morgan fingerprint density at radius 3 is 2.47 bits per heavy atom. The highest BCUT2D eigenvalue weighted by Crippen LogP contribution is 2.40. The summed E-state index contributed by atoms with van der Waals surface area (Å²) in [7, 11) is 3.30. The van der Waals surface area contributed by atoms with Crippen LogP contribution in [-0.2, 0) is 17.9 Å². The standard InChI is InChI=1S/C23H26Cl2N2O2S/c1-5-10-27(13-16-8-6-7-9-17(16)14-28-3)23-26-22(15(2)30-23)18-11-20(25)21(29-4)12-19(18)24/h6-9,11-12H,5,10,13-14H2,1-4H3. The smallest absolute Gasteiger partial charge is 0.186 e. The second-order valence-electron chi connectivity index (χ2n) is 6.99. The molecule has 0 aliphatic carbocycles. The molecule has 30 heavy (non-hydrogen) atoms. The van der Waals surface area contributed by atoms with E-state index in [1.807, 2.05) is 12.1 Å². The van der Waals surface area contributed by atoms with Gasteiger partial charge in [-0.3, -0.25) is 0 Å². The van der Waals surface area contributed by atoms with Crippen molar-refractivity contribution in [1.29, 1.82) is 0 Å². The fourth-order valence-electron chi connectivity index (χ4n) is 3.36. The average Bonchev–Trinajstić information content (AvgIpc) is 3.12. The van der Waals surface area contributed by atoms with Crippen LogP contribution < -0.4 is 9.64 Å². The third-order valence-electron chi connectivity index (χ3n) is 4.83. The third kappa shape index (κ3) is 5.09. The molecule has 160 valence electrons. The molecule has 1 aromatic heterocycles. The summed E-state index contributed by atoms with van der Waals surface area (Å²) < 4.78 is 10.6. The third-order valence-corrected chi connectivity index (χ3v) is 6.47. The largest absolute Gasteiger partial charge is 0.495 e. The van der Waals surface area contributed by atoms with Gasteiger partial charge in [0.2, 0.25) is 0 Å². The number of hydrogen-bond donors (Lipinski definition) is 0. The Morgan fingerprint density at radius 1 is 1.07 bits per heavy atom. The van der Waals surface area contributed by atoms with Crippen molar-refractivity contribution >= 4 is 39.7 Å². The Labute approximate surface area is 192 Å². The Morgan fingerprint density at radius 2 is 1.80 bits per heavy atom. The first-order chi connectivity index (χ1) is 14.5. The number of thiazole rings is 1. The van der Waals surface area contributed by atoms with Gasteiger partial charge in [-0.2, -0.15) is 0 Å². The van der Waals surface area contributed by atoms with Gasteiger partial charge in [-0.25, -0.2) is 4.98 Å². The van der Waals surface area contributed by atoms with Crippen LogP contribution in [0, 0.1) is 6.92 Å². The zero-order chi connectivity index (χ0) is 21.7. The zero-order valence-corrected chi connectivity index (χ0v) is 20.0. The van der Waals surface area contributed by atoms with Gasteiger partial charge in [0.05, 0.1) is 29.5 Å². The summed E-state index contributed by atoms with van der Waals surface area (Å²) in [4.78, 5) is 8.37. The maximum atomic E-state index is 6.52. The molecule has 3 rings (SSSR count). The number of anilines is 1. The maximum Gasteiger partial charge on any atom is 0.186 e. The molecule has 0 N–H and O–H groups in total. The summed E-state index contributed by atoms with van der Waals surface area (Å²) >= 11 is 14.5. The van der Waals surface area contributed by atoms with E-state index < -0.39 is 0 Å². The van der Waals surface area contributed by atoms with Gasteiger partial charge in [0, 0.05) is 36.7 Å². The van der Waals surface area contributed by atoms with E-state index in [9.17, 15) is 0 Å². The summed E-state index contributed by atoms with van der Waals surface area (Å²) in [6.07, 6.45) is 1.02. The van der Waals surface area contributed by atoms with Crippen LogP contribution in [0.5, 0.6) is 5.75 Å². The number of hydrogen-bond acceptors (Lipinski definition) is 5. The minimum absolute atomic E-state index is 0.518. The lowest BCUT2D eigenvalue weighted by atomic mass is 10.1. The topological polar surface area (TPSA) is 34.6 Å². The number of nitrogens with zero attached hydrogens (tertiary/aromatic N) is 2. The highest BCUT2D eigenvalue weighted by molar-refractivity contribution is 7.16. The van der Waals surface area contributed by atoms with Crippen molar-refractivity contribution in [2.24, 2.45) is 0 Å². The molecule has 0 bridgehead atoms. The molecule has 3 aromatic rings. The van der Waals surface area contributed by atoms with Crippen molar-refractivity contribution < 1.29 is 9.47 Å². The van der Waals surface area contributed by atoms with Crippen LogP contribution in [0.4, 0.5) is 5.13 Å². The highest BCUT2D eigenvalue weighted by Gasteiger charge is 2.19. The summed E-state index contributed by atoms with van der Waals surface area (Å²) in [6.45, 7) is 6.52. The van der Waals surface area contributed by atoms with Gasteiger partial charge in [-0.1, -0.05) is 54.4 Å².